The number of hydrogen-bond donors (Lipinski definition) is 2. The minimum atomic E-state index is 0.734. The lowest BCUT2D eigenvalue weighted by atomic mass is 10.1. The van der Waals surface area contributed by atoms with Crippen molar-refractivity contribution in [2.45, 2.75) is 26.4 Å². The van der Waals surface area contributed by atoms with Crippen LogP contribution in [0, 0.1) is 6.92 Å². The van der Waals surface area contributed by atoms with E-state index in [0.717, 1.165) is 60.2 Å². The summed E-state index contributed by atoms with van der Waals surface area (Å²) in [5.74, 6) is 1.65. The van der Waals surface area contributed by atoms with E-state index in [4.69, 9.17) is 9.97 Å². The summed E-state index contributed by atoms with van der Waals surface area (Å²) in [6, 6.07) is 16.5. The van der Waals surface area contributed by atoms with Crippen LogP contribution >= 0.6 is 0 Å². The maximum absolute atomic E-state index is 4.94. The molecule has 6 heteroatoms. The molecule has 0 saturated carbocycles. The van der Waals surface area contributed by atoms with Crippen LogP contribution < -0.4 is 10.6 Å². The summed E-state index contributed by atoms with van der Waals surface area (Å²) >= 11 is 0. The summed E-state index contributed by atoms with van der Waals surface area (Å²) in [4.78, 5) is 9.88. The number of hydrogen-bond acceptors (Lipinski definition) is 5. The van der Waals surface area contributed by atoms with Crippen LogP contribution in [0.4, 0.5) is 5.82 Å². The second-order valence-corrected chi connectivity index (χ2v) is 7.08. The van der Waals surface area contributed by atoms with Crippen molar-refractivity contribution >= 4 is 11.3 Å². The average Bonchev–Trinajstić information content (AvgIpc) is 3.08. The number of aromatic nitrogens is 4. The first kappa shape index (κ1) is 16.9. The summed E-state index contributed by atoms with van der Waals surface area (Å²) in [7, 11) is 0. The summed E-state index contributed by atoms with van der Waals surface area (Å²) in [5, 5.41) is 11.6. The highest BCUT2D eigenvalue weighted by Gasteiger charge is 2.21. The van der Waals surface area contributed by atoms with Crippen LogP contribution in [-0.2, 0) is 19.5 Å². The zero-order valence-corrected chi connectivity index (χ0v) is 15.8. The molecule has 0 amide bonds. The molecule has 0 spiro atoms. The van der Waals surface area contributed by atoms with Gasteiger partial charge in [0.15, 0.2) is 5.82 Å². The molecule has 1 aliphatic rings. The van der Waals surface area contributed by atoms with Crippen molar-refractivity contribution in [1.82, 2.24) is 24.9 Å². The van der Waals surface area contributed by atoms with E-state index in [1.54, 1.807) is 0 Å². The van der Waals surface area contributed by atoms with Crippen LogP contribution in [0.25, 0.3) is 16.9 Å². The van der Waals surface area contributed by atoms with Gasteiger partial charge in [-0.2, -0.15) is 5.10 Å². The largest absolute Gasteiger partial charge is 0.366 e. The van der Waals surface area contributed by atoms with Crippen LogP contribution in [0.1, 0.15) is 22.5 Å². The van der Waals surface area contributed by atoms with Crippen molar-refractivity contribution in [3.63, 3.8) is 0 Å². The normalized spacial score (nSPS) is 13.5. The van der Waals surface area contributed by atoms with Gasteiger partial charge >= 0.3 is 0 Å². The molecule has 3 aromatic heterocycles. The molecule has 0 atom stereocenters. The van der Waals surface area contributed by atoms with E-state index in [9.17, 15) is 0 Å². The van der Waals surface area contributed by atoms with Crippen LogP contribution in [-0.4, -0.2) is 26.1 Å². The highest BCUT2D eigenvalue weighted by Crippen LogP contribution is 2.29. The molecule has 0 bridgehead atoms. The molecule has 0 saturated heterocycles. The number of benzene rings is 1. The second kappa shape index (κ2) is 7.05. The molecular formula is C22H22N6. The Morgan fingerprint density at radius 3 is 2.82 bits per heavy atom. The number of anilines is 1. The molecule has 28 heavy (non-hydrogen) atoms. The molecule has 2 N–H and O–H groups in total. The zero-order chi connectivity index (χ0) is 18.9. The number of fused-ring (bicyclic) bond motifs is 2. The van der Waals surface area contributed by atoms with Crippen molar-refractivity contribution < 1.29 is 0 Å². The summed E-state index contributed by atoms with van der Waals surface area (Å²) in [6.07, 6.45) is 2.87. The molecule has 4 aromatic rings. The Balaban J connectivity index is 1.60. The summed E-state index contributed by atoms with van der Waals surface area (Å²) in [5.41, 5.74) is 6.49. The van der Waals surface area contributed by atoms with E-state index in [1.165, 1.54) is 11.1 Å². The van der Waals surface area contributed by atoms with Crippen molar-refractivity contribution in [3.8, 4) is 11.4 Å². The molecule has 0 unspecified atom stereocenters. The van der Waals surface area contributed by atoms with E-state index in [0.29, 0.717) is 0 Å². The molecule has 0 fully saturated rings. The molecule has 1 aromatic carbocycles. The highest BCUT2D eigenvalue weighted by atomic mass is 15.2. The molecule has 0 radical (unpaired) electrons. The van der Waals surface area contributed by atoms with E-state index < -0.39 is 0 Å². The SMILES string of the molecule is Cc1nn2ccccc2c1-c1nc2c(c(NCc3ccccc3)n1)CNCC2. The van der Waals surface area contributed by atoms with Gasteiger partial charge in [-0.05, 0) is 24.6 Å². The molecule has 140 valence electrons. The smallest absolute Gasteiger partial charge is 0.165 e. The van der Waals surface area contributed by atoms with Gasteiger partial charge in [0.25, 0.3) is 0 Å². The second-order valence-electron chi connectivity index (χ2n) is 7.08. The minimum absolute atomic E-state index is 0.734. The van der Waals surface area contributed by atoms with Crippen LogP contribution in [0.5, 0.6) is 0 Å². The third kappa shape index (κ3) is 3.01. The van der Waals surface area contributed by atoms with Crippen molar-refractivity contribution in [2.75, 3.05) is 11.9 Å². The number of pyridine rings is 1. The number of nitrogens with one attached hydrogen (secondary N) is 2. The van der Waals surface area contributed by atoms with Gasteiger partial charge in [-0.15, -0.1) is 0 Å². The maximum atomic E-state index is 4.94. The first-order valence-corrected chi connectivity index (χ1v) is 9.62. The lowest BCUT2D eigenvalue weighted by Crippen LogP contribution is -2.26. The molecule has 5 rings (SSSR count). The lowest BCUT2D eigenvalue weighted by molar-refractivity contribution is 0.628. The Morgan fingerprint density at radius 1 is 1.07 bits per heavy atom. The first-order valence-electron chi connectivity index (χ1n) is 9.62. The Labute approximate surface area is 163 Å². The van der Waals surface area contributed by atoms with E-state index >= 15 is 0 Å². The Hall–Kier alpha value is -3.25. The molecule has 6 nitrogen and oxygen atoms in total. The standard InChI is InChI=1S/C22H22N6/c1-15-20(19-9-5-6-12-28(19)27-15)22-25-18-10-11-23-14-17(18)21(26-22)24-13-16-7-3-2-4-8-16/h2-9,12,23H,10-11,13-14H2,1H3,(H,24,25,26). The number of nitrogens with zero attached hydrogens (tertiary/aromatic N) is 4. The first-order chi connectivity index (χ1) is 13.8. The number of rotatable bonds is 4. The van der Waals surface area contributed by atoms with Crippen LogP contribution in [0.2, 0.25) is 0 Å². The zero-order valence-electron chi connectivity index (χ0n) is 15.8. The Kier molecular flexibility index (Phi) is 4.25. The third-order valence-corrected chi connectivity index (χ3v) is 5.17. The van der Waals surface area contributed by atoms with Gasteiger partial charge in [0.05, 0.1) is 22.5 Å². The Bertz CT molecular complexity index is 1130. The van der Waals surface area contributed by atoms with Gasteiger partial charge in [-0.25, -0.2) is 14.5 Å². The Morgan fingerprint density at radius 2 is 1.93 bits per heavy atom. The van der Waals surface area contributed by atoms with E-state index in [1.807, 2.05) is 35.8 Å². The van der Waals surface area contributed by atoms with Crippen molar-refractivity contribution in [1.29, 1.82) is 0 Å². The molecule has 0 aliphatic carbocycles. The minimum Gasteiger partial charge on any atom is -0.366 e. The predicted octanol–water partition coefficient (Wildman–Crippen LogP) is 3.36. The molecule has 1 aliphatic heterocycles. The van der Waals surface area contributed by atoms with Gasteiger partial charge in [0, 0.05) is 37.8 Å². The van der Waals surface area contributed by atoms with Crippen molar-refractivity contribution in [3.05, 3.63) is 77.2 Å². The molecule has 4 heterocycles. The topological polar surface area (TPSA) is 67.1 Å². The predicted molar refractivity (Wildman–Crippen MR) is 110 cm³/mol. The van der Waals surface area contributed by atoms with Crippen LogP contribution in [0.15, 0.2) is 54.7 Å². The van der Waals surface area contributed by atoms with Gasteiger partial charge in [-0.3, -0.25) is 0 Å². The van der Waals surface area contributed by atoms with E-state index in [2.05, 4.69) is 46.1 Å². The quantitative estimate of drug-likeness (QED) is 0.577. The van der Waals surface area contributed by atoms with Gasteiger partial charge in [-0.1, -0.05) is 36.4 Å². The van der Waals surface area contributed by atoms with Gasteiger partial charge < -0.3 is 10.6 Å². The maximum Gasteiger partial charge on any atom is 0.165 e. The van der Waals surface area contributed by atoms with Gasteiger partial charge in [0.1, 0.15) is 5.82 Å². The monoisotopic (exact) mass is 370 g/mol. The summed E-state index contributed by atoms with van der Waals surface area (Å²) in [6.45, 7) is 4.48. The fourth-order valence-corrected chi connectivity index (χ4v) is 3.78. The van der Waals surface area contributed by atoms with Crippen LogP contribution in [0.3, 0.4) is 0 Å². The average molecular weight is 370 g/mol. The molecular weight excluding hydrogens is 348 g/mol. The fraction of sp³-hybridized carbons (Fsp3) is 0.227. The van der Waals surface area contributed by atoms with Crippen molar-refractivity contribution in [2.24, 2.45) is 0 Å². The lowest BCUT2D eigenvalue weighted by Gasteiger charge is -2.21. The number of aryl methyl sites for hydroxylation is 1. The van der Waals surface area contributed by atoms with E-state index in [-0.39, 0.29) is 0 Å². The fourth-order valence-electron chi connectivity index (χ4n) is 3.78. The van der Waals surface area contributed by atoms with Gasteiger partial charge in [0.2, 0.25) is 0 Å². The summed E-state index contributed by atoms with van der Waals surface area (Å²) < 4.78 is 1.89. The highest BCUT2D eigenvalue weighted by molar-refractivity contribution is 5.79. The third-order valence-electron chi connectivity index (χ3n) is 5.17.